The third kappa shape index (κ3) is 7.54. The van der Waals surface area contributed by atoms with Gasteiger partial charge in [-0.25, -0.2) is 15.0 Å². The quantitative estimate of drug-likeness (QED) is 0.388. The zero-order valence-corrected chi connectivity index (χ0v) is 19.8. The van der Waals surface area contributed by atoms with Crippen LogP contribution < -0.4 is 10.6 Å². The number of carbonyl (C=O) groups excluding carboxylic acids is 1. The van der Waals surface area contributed by atoms with E-state index in [1.54, 1.807) is 18.3 Å². The van der Waals surface area contributed by atoms with Gasteiger partial charge in [-0.05, 0) is 52.0 Å². The first-order chi connectivity index (χ1) is 15.9. The lowest BCUT2D eigenvalue weighted by atomic mass is 10.2. The lowest BCUT2D eigenvalue weighted by molar-refractivity contribution is -0.132. The van der Waals surface area contributed by atoms with Crippen LogP contribution in [0.5, 0.6) is 0 Å². The third-order valence-electron chi connectivity index (χ3n) is 5.33. The highest BCUT2D eigenvalue weighted by Crippen LogP contribution is 2.19. The van der Waals surface area contributed by atoms with Crippen LogP contribution in [0.3, 0.4) is 0 Å². The predicted octanol–water partition coefficient (Wildman–Crippen LogP) is 3.20. The molecule has 0 aliphatic carbocycles. The number of nitriles is 1. The van der Waals surface area contributed by atoms with Gasteiger partial charge in [0.15, 0.2) is 5.82 Å². The maximum Gasteiger partial charge on any atom is 0.224 e. The van der Waals surface area contributed by atoms with Gasteiger partial charge in [0.1, 0.15) is 11.9 Å². The second kappa shape index (κ2) is 13.1. The van der Waals surface area contributed by atoms with Crippen LogP contribution in [0.4, 0.5) is 11.6 Å². The van der Waals surface area contributed by atoms with Crippen molar-refractivity contribution in [3.05, 3.63) is 47.8 Å². The minimum absolute atomic E-state index is 0.0369. The summed E-state index contributed by atoms with van der Waals surface area (Å²) in [5.41, 5.74) is 6.59. The number of nitrogens with two attached hydrogens (primary N) is 1. The minimum Gasteiger partial charge on any atom is -0.390 e. The van der Waals surface area contributed by atoms with Crippen LogP contribution in [0.25, 0.3) is 0 Å². The molecular weight excluding hydrogens is 418 g/mol. The second-order valence-electron chi connectivity index (χ2n) is 7.55. The Kier molecular flexibility index (Phi) is 10.2. The summed E-state index contributed by atoms with van der Waals surface area (Å²) < 4.78 is 5.85. The molecule has 0 aliphatic rings. The van der Waals surface area contributed by atoms with Crippen LogP contribution in [-0.2, 0) is 9.53 Å². The lowest BCUT2D eigenvalue weighted by Crippen LogP contribution is -2.45. The first kappa shape index (κ1) is 25.7. The summed E-state index contributed by atoms with van der Waals surface area (Å²) in [4.78, 5) is 29.5. The SMILES string of the molecule is CCN(CC(C)N(CC)c1ccc(C#N)cn1)C(=O)CCOC(C)c1cccc(/N=C\N)n1. The number of hydrogen-bond acceptors (Lipinski definition) is 7. The Morgan fingerprint density at radius 3 is 2.67 bits per heavy atom. The number of ether oxygens (including phenoxy) is 1. The van der Waals surface area contributed by atoms with Gasteiger partial charge in [-0.1, -0.05) is 6.07 Å². The van der Waals surface area contributed by atoms with Gasteiger partial charge in [0.05, 0.1) is 36.7 Å². The molecule has 33 heavy (non-hydrogen) atoms. The Hall–Kier alpha value is -3.51. The van der Waals surface area contributed by atoms with Crippen LogP contribution in [0, 0.1) is 11.3 Å². The molecule has 0 fully saturated rings. The molecule has 0 spiro atoms. The van der Waals surface area contributed by atoms with Crippen molar-refractivity contribution in [2.24, 2.45) is 10.7 Å². The molecule has 9 nitrogen and oxygen atoms in total. The van der Waals surface area contributed by atoms with Gasteiger partial charge in [0.25, 0.3) is 0 Å². The van der Waals surface area contributed by atoms with Crippen molar-refractivity contribution in [2.45, 2.75) is 46.3 Å². The fraction of sp³-hybridized carbons (Fsp3) is 0.458. The Morgan fingerprint density at radius 1 is 1.27 bits per heavy atom. The maximum atomic E-state index is 12.8. The lowest BCUT2D eigenvalue weighted by Gasteiger charge is -2.33. The fourth-order valence-electron chi connectivity index (χ4n) is 3.53. The second-order valence-corrected chi connectivity index (χ2v) is 7.55. The Labute approximate surface area is 195 Å². The van der Waals surface area contributed by atoms with Gasteiger partial charge in [0.2, 0.25) is 5.91 Å². The summed E-state index contributed by atoms with van der Waals surface area (Å²) in [5, 5.41) is 8.98. The molecule has 2 heterocycles. The number of amides is 1. The normalized spacial score (nSPS) is 12.8. The van der Waals surface area contributed by atoms with E-state index in [9.17, 15) is 4.79 Å². The molecular formula is C24H33N7O2. The molecule has 1 amide bonds. The molecule has 0 bridgehead atoms. The van der Waals surface area contributed by atoms with Crippen molar-refractivity contribution in [2.75, 3.05) is 31.1 Å². The number of hydrogen-bond donors (Lipinski definition) is 1. The number of anilines is 1. The summed E-state index contributed by atoms with van der Waals surface area (Å²) in [6.45, 7) is 10.2. The molecule has 0 aliphatic heterocycles. The number of nitrogens with zero attached hydrogens (tertiary/aromatic N) is 6. The molecule has 0 saturated carbocycles. The van der Waals surface area contributed by atoms with Crippen molar-refractivity contribution in [1.29, 1.82) is 5.26 Å². The molecule has 2 rings (SSSR count). The van der Waals surface area contributed by atoms with E-state index < -0.39 is 0 Å². The van der Waals surface area contributed by atoms with E-state index in [-0.39, 0.29) is 24.5 Å². The molecule has 9 heteroatoms. The van der Waals surface area contributed by atoms with E-state index in [0.717, 1.165) is 18.1 Å². The first-order valence-electron chi connectivity index (χ1n) is 11.2. The molecule has 2 N–H and O–H groups in total. The van der Waals surface area contributed by atoms with E-state index in [1.807, 2.05) is 43.9 Å². The van der Waals surface area contributed by atoms with Crippen molar-refractivity contribution < 1.29 is 9.53 Å². The highest BCUT2D eigenvalue weighted by Gasteiger charge is 2.20. The van der Waals surface area contributed by atoms with Crippen LogP contribution in [0.1, 0.15) is 51.5 Å². The van der Waals surface area contributed by atoms with Gasteiger partial charge in [-0.3, -0.25) is 4.79 Å². The van der Waals surface area contributed by atoms with E-state index in [2.05, 4.69) is 32.9 Å². The number of aromatic nitrogens is 2. The van der Waals surface area contributed by atoms with Crippen LogP contribution >= 0.6 is 0 Å². The predicted molar refractivity (Wildman–Crippen MR) is 129 cm³/mol. The van der Waals surface area contributed by atoms with E-state index in [4.69, 9.17) is 15.7 Å². The summed E-state index contributed by atoms with van der Waals surface area (Å²) >= 11 is 0. The monoisotopic (exact) mass is 451 g/mol. The molecule has 2 unspecified atom stereocenters. The standard InChI is InChI=1S/C24H33N7O2/c1-5-30(16-18(3)31(6-2)23-11-10-20(14-25)15-27-23)24(32)12-13-33-19(4)21-8-7-9-22(29-21)28-17-26/h7-11,15,17-19H,5-6,12-13,16H2,1-4H3,(H2,26,28,29). The highest BCUT2D eigenvalue weighted by atomic mass is 16.5. The molecule has 0 saturated heterocycles. The van der Waals surface area contributed by atoms with Gasteiger partial charge in [0, 0.05) is 31.9 Å². The number of rotatable bonds is 12. The fourth-order valence-corrected chi connectivity index (χ4v) is 3.53. The average Bonchev–Trinajstić information content (AvgIpc) is 2.83. The van der Waals surface area contributed by atoms with Gasteiger partial charge >= 0.3 is 0 Å². The average molecular weight is 452 g/mol. The van der Waals surface area contributed by atoms with E-state index >= 15 is 0 Å². The molecule has 0 radical (unpaired) electrons. The van der Waals surface area contributed by atoms with Crippen LogP contribution in [0.15, 0.2) is 41.5 Å². The minimum atomic E-state index is -0.266. The van der Waals surface area contributed by atoms with Gasteiger partial charge in [-0.2, -0.15) is 5.26 Å². The highest BCUT2D eigenvalue weighted by molar-refractivity contribution is 5.76. The van der Waals surface area contributed by atoms with E-state index in [0.29, 0.717) is 31.1 Å². The molecule has 2 aromatic heterocycles. The van der Waals surface area contributed by atoms with Crippen LogP contribution in [-0.4, -0.2) is 59.4 Å². The van der Waals surface area contributed by atoms with Crippen molar-refractivity contribution >= 4 is 23.9 Å². The maximum absolute atomic E-state index is 12.8. The number of aliphatic imine (C=N–C) groups is 1. The first-order valence-corrected chi connectivity index (χ1v) is 11.2. The summed E-state index contributed by atoms with van der Waals surface area (Å²) in [7, 11) is 0. The smallest absolute Gasteiger partial charge is 0.224 e. The van der Waals surface area contributed by atoms with Crippen molar-refractivity contribution in [1.82, 2.24) is 14.9 Å². The largest absolute Gasteiger partial charge is 0.390 e. The summed E-state index contributed by atoms with van der Waals surface area (Å²) in [6.07, 6.45) is 2.79. The van der Waals surface area contributed by atoms with Crippen molar-refractivity contribution in [3.63, 3.8) is 0 Å². The summed E-state index contributed by atoms with van der Waals surface area (Å²) in [5.74, 6) is 1.35. The number of carbonyl (C=O) groups is 1. The Morgan fingerprint density at radius 2 is 2.06 bits per heavy atom. The Balaban J connectivity index is 1.90. The summed E-state index contributed by atoms with van der Waals surface area (Å²) in [6, 6.07) is 11.2. The molecule has 176 valence electrons. The zero-order valence-electron chi connectivity index (χ0n) is 19.8. The number of pyridine rings is 2. The Bertz CT molecular complexity index is 956. The number of likely N-dealkylation sites (N-methyl/N-ethyl adjacent to an activating group) is 2. The van der Waals surface area contributed by atoms with Gasteiger partial charge in [-0.15, -0.1) is 0 Å². The van der Waals surface area contributed by atoms with E-state index in [1.165, 1.54) is 6.34 Å². The van der Waals surface area contributed by atoms with Gasteiger partial charge < -0.3 is 20.3 Å². The van der Waals surface area contributed by atoms with Crippen molar-refractivity contribution in [3.8, 4) is 6.07 Å². The molecule has 0 aromatic carbocycles. The topological polar surface area (TPSA) is 121 Å². The third-order valence-corrected chi connectivity index (χ3v) is 5.33. The molecule has 2 atom stereocenters. The zero-order chi connectivity index (χ0) is 24.2. The van der Waals surface area contributed by atoms with Crippen LogP contribution in [0.2, 0.25) is 0 Å². The molecule has 2 aromatic rings.